The quantitative estimate of drug-likeness (QED) is 0.109. The lowest BCUT2D eigenvalue weighted by molar-refractivity contribution is -0.144. The molecule has 0 amide bonds. The van der Waals surface area contributed by atoms with Gasteiger partial charge in [0, 0.05) is 39.9 Å². The van der Waals surface area contributed by atoms with Gasteiger partial charge in [-0.15, -0.1) is 5.10 Å². The molecule has 3 atom stereocenters. The Morgan fingerprint density at radius 3 is 2.62 bits per heavy atom. The van der Waals surface area contributed by atoms with E-state index in [1.807, 2.05) is 67.0 Å². The van der Waals surface area contributed by atoms with Gasteiger partial charge in [0.05, 0.1) is 25.0 Å². The highest BCUT2D eigenvalue weighted by Gasteiger charge is 2.54. The van der Waals surface area contributed by atoms with Crippen LogP contribution in [0.25, 0.3) is 22.8 Å². The van der Waals surface area contributed by atoms with Crippen molar-refractivity contribution in [2.24, 2.45) is 11.8 Å². The number of hydrogen-bond donors (Lipinski definition) is 2. The fourth-order valence-electron chi connectivity index (χ4n) is 10.2. The number of fused-ring (bicyclic) bond motifs is 3. The van der Waals surface area contributed by atoms with Crippen molar-refractivity contribution in [3.63, 3.8) is 0 Å². The normalized spacial score (nSPS) is 22.3. The number of anilines is 1. The van der Waals surface area contributed by atoms with Gasteiger partial charge in [0.2, 0.25) is 0 Å². The molecule has 1 saturated carbocycles. The van der Waals surface area contributed by atoms with Gasteiger partial charge in [-0.3, -0.25) is 4.98 Å². The highest BCUT2D eigenvalue weighted by atomic mass is 35.5. The number of rotatable bonds is 14. The number of pyridine rings is 1. The van der Waals surface area contributed by atoms with Crippen molar-refractivity contribution in [1.82, 2.24) is 29.9 Å². The summed E-state index contributed by atoms with van der Waals surface area (Å²) in [5.41, 5.74) is 6.76. The predicted molar refractivity (Wildman–Crippen MR) is 236 cm³/mol. The minimum atomic E-state index is -1.10. The van der Waals surface area contributed by atoms with Gasteiger partial charge in [-0.2, -0.15) is 0 Å². The molecule has 11 nitrogen and oxygen atoms in total. The van der Waals surface area contributed by atoms with Crippen LogP contribution >= 0.6 is 11.6 Å². The maximum Gasteiger partial charge on any atom is 0.329 e. The zero-order chi connectivity index (χ0) is 42.0. The Bertz CT molecular complexity index is 2500. The molecular weight excluding hydrogens is 786 g/mol. The molecule has 0 aliphatic heterocycles. The first-order chi connectivity index (χ1) is 29.7. The molecule has 314 valence electrons. The summed E-state index contributed by atoms with van der Waals surface area (Å²) in [6.45, 7) is 6.08. The Morgan fingerprint density at radius 2 is 1.80 bits per heavy atom. The van der Waals surface area contributed by atoms with E-state index in [1.54, 1.807) is 23.0 Å². The van der Waals surface area contributed by atoms with E-state index in [0.29, 0.717) is 66.7 Å². The van der Waals surface area contributed by atoms with E-state index in [4.69, 9.17) is 26.1 Å². The fourth-order valence-corrected chi connectivity index (χ4v) is 10.4. The first-order valence-corrected chi connectivity index (χ1v) is 22.0. The van der Waals surface area contributed by atoms with Crippen LogP contribution < -0.4 is 14.8 Å². The fraction of sp³-hybridized carbons (Fsp3) is 0.388. The number of aliphatic carboxylic acids is 1. The van der Waals surface area contributed by atoms with Gasteiger partial charge >= 0.3 is 5.97 Å². The third-order valence-electron chi connectivity index (χ3n) is 13.3. The number of aromatic nitrogens is 6. The van der Waals surface area contributed by atoms with Crippen LogP contribution in [-0.4, -0.2) is 59.8 Å². The first kappa shape index (κ1) is 40.6. The zero-order valence-electron chi connectivity index (χ0n) is 34.8. The minimum Gasteiger partial charge on any atom is -0.493 e. The van der Waals surface area contributed by atoms with E-state index in [-0.39, 0.29) is 11.3 Å². The van der Waals surface area contributed by atoms with Gasteiger partial charge in [-0.25, -0.2) is 19.4 Å². The molecule has 3 aliphatic carbocycles. The molecule has 3 aromatic heterocycles. The van der Waals surface area contributed by atoms with E-state index in [2.05, 4.69) is 57.6 Å². The van der Waals surface area contributed by atoms with E-state index in [0.717, 1.165) is 61.3 Å². The van der Waals surface area contributed by atoms with E-state index < -0.39 is 11.5 Å². The molecule has 3 heterocycles. The molecular formula is C49H52ClN7O4. The van der Waals surface area contributed by atoms with E-state index >= 15 is 0 Å². The summed E-state index contributed by atoms with van der Waals surface area (Å²) in [6.07, 6.45) is 13.2. The third kappa shape index (κ3) is 8.45. The Labute approximate surface area is 361 Å². The molecule has 1 spiro atoms. The molecule has 1 fully saturated rings. The summed E-state index contributed by atoms with van der Waals surface area (Å²) in [5.74, 6) is 2.61. The van der Waals surface area contributed by atoms with Gasteiger partial charge in [-0.05, 0) is 135 Å². The van der Waals surface area contributed by atoms with Crippen molar-refractivity contribution in [3.05, 3.63) is 131 Å². The standard InChI is InChI=1S/C49H52ClN7O4/c1-32(31-61-44-17-23-51-42-13-6-8-33(2)45(42)44)26-36-27-35-14-15-39(29-40(35)48(36)18-20-49(21-19-48,47(58)59)54-38-12-7-11-37(50)28-38)60-25-24-57-30-43(55-56-57)41-16-22-52-46(53-41)34-9-4-3-5-10-34/h3-5,7,9-12,14-17,22-23,28-30,32-33,36,54H,6,8,13,18-21,24-27,31H2,1-2H3,(H,58,59)/t32-,33-,36?,48?,49?/m1/s1. The van der Waals surface area contributed by atoms with Gasteiger partial charge < -0.3 is 19.9 Å². The van der Waals surface area contributed by atoms with Crippen molar-refractivity contribution in [2.75, 3.05) is 18.5 Å². The molecule has 0 bridgehead atoms. The topological polar surface area (TPSA) is 137 Å². The number of carboxylic acid groups (broad SMARTS) is 1. The Balaban J connectivity index is 0.916. The number of benzene rings is 3. The average Bonchev–Trinajstić information content (AvgIpc) is 3.86. The second-order valence-corrected chi connectivity index (χ2v) is 17.8. The number of carbonyl (C=O) groups is 1. The van der Waals surface area contributed by atoms with Gasteiger partial charge in [0.1, 0.15) is 29.3 Å². The number of carboxylic acids is 1. The maximum absolute atomic E-state index is 13.1. The predicted octanol–water partition coefficient (Wildman–Crippen LogP) is 9.99. The summed E-state index contributed by atoms with van der Waals surface area (Å²) in [5, 5.41) is 23.5. The van der Waals surface area contributed by atoms with Crippen LogP contribution in [0.1, 0.15) is 87.1 Å². The van der Waals surface area contributed by atoms with Crippen molar-refractivity contribution in [2.45, 2.75) is 95.1 Å². The first-order valence-electron chi connectivity index (χ1n) is 21.6. The molecule has 6 aromatic rings. The molecule has 3 aliphatic rings. The smallest absolute Gasteiger partial charge is 0.329 e. The molecule has 1 unspecified atom stereocenters. The van der Waals surface area contributed by atoms with Crippen LogP contribution in [0.15, 0.2) is 104 Å². The summed E-state index contributed by atoms with van der Waals surface area (Å²) < 4.78 is 14.8. The number of hydrogen-bond acceptors (Lipinski definition) is 9. The highest BCUT2D eigenvalue weighted by molar-refractivity contribution is 6.30. The summed E-state index contributed by atoms with van der Waals surface area (Å²) >= 11 is 6.33. The average molecular weight is 838 g/mol. The van der Waals surface area contributed by atoms with Crippen molar-refractivity contribution in [1.29, 1.82) is 0 Å². The van der Waals surface area contributed by atoms with Crippen molar-refractivity contribution >= 4 is 23.3 Å². The summed E-state index contributed by atoms with van der Waals surface area (Å²) in [7, 11) is 0. The number of nitrogens with zero attached hydrogens (tertiary/aromatic N) is 6. The van der Waals surface area contributed by atoms with Crippen LogP contribution in [0.4, 0.5) is 5.69 Å². The molecule has 9 rings (SSSR count). The Kier molecular flexibility index (Phi) is 11.5. The number of nitrogens with one attached hydrogen (secondary N) is 1. The number of halogens is 1. The van der Waals surface area contributed by atoms with E-state index in [1.165, 1.54) is 28.8 Å². The van der Waals surface area contributed by atoms with Gasteiger partial charge in [0.15, 0.2) is 5.82 Å². The second-order valence-electron chi connectivity index (χ2n) is 17.4. The summed E-state index contributed by atoms with van der Waals surface area (Å²) in [4.78, 5) is 27.0. The SMILES string of the molecule is C[C@@H](COc1ccnc2c1[C@H](C)CCC2)CC1Cc2ccc(OCCn3cc(-c4ccnc(-c5ccccc5)n4)nn3)cc2C12CCC(Nc1cccc(Cl)c1)(C(=O)O)CC2. The largest absolute Gasteiger partial charge is 0.493 e. The van der Waals surface area contributed by atoms with Gasteiger partial charge in [0.25, 0.3) is 0 Å². The minimum absolute atomic E-state index is 0.209. The molecule has 12 heteroatoms. The second kappa shape index (κ2) is 17.3. The lowest BCUT2D eigenvalue weighted by Gasteiger charge is -2.47. The lowest BCUT2D eigenvalue weighted by Crippen LogP contribution is -2.53. The van der Waals surface area contributed by atoms with Crippen molar-refractivity contribution < 1.29 is 19.4 Å². The van der Waals surface area contributed by atoms with Crippen LogP contribution in [0.5, 0.6) is 11.5 Å². The molecule has 61 heavy (non-hydrogen) atoms. The molecule has 3 aromatic carbocycles. The Morgan fingerprint density at radius 1 is 0.967 bits per heavy atom. The van der Waals surface area contributed by atoms with Crippen LogP contribution in [0.2, 0.25) is 5.02 Å². The number of ether oxygens (including phenoxy) is 2. The monoisotopic (exact) mass is 837 g/mol. The maximum atomic E-state index is 13.1. The highest BCUT2D eigenvalue weighted by Crippen LogP contribution is 2.57. The lowest BCUT2D eigenvalue weighted by atomic mass is 9.59. The summed E-state index contributed by atoms with van der Waals surface area (Å²) in [6, 6.07) is 27.6. The molecule has 0 saturated heterocycles. The zero-order valence-corrected chi connectivity index (χ0v) is 35.5. The van der Waals surface area contributed by atoms with Gasteiger partial charge in [-0.1, -0.05) is 73.1 Å². The third-order valence-corrected chi connectivity index (χ3v) is 13.6. The van der Waals surface area contributed by atoms with Crippen LogP contribution in [0, 0.1) is 11.8 Å². The number of aryl methyl sites for hydroxylation is 1. The molecule has 0 radical (unpaired) electrons. The van der Waals surface area contributed by atoms with Crippen molar-refractivity contribution in [3.8, 4) is 34.3 Å². The molecule has 2 N–H and O–H groups in total. The van der Waals surface area contributed by atoms with E-state index in [9.17, 15) is 9.90 Å². The Hall–Kier alpha value is -5.81. The van der Waals surface area contributed by atoms with Crippen LogP contribution in [0.3, 0.4) is 0 Å². The van der Waals surface area contributed by atoms with Crippen LogP contribution in [-0.2, 0) is 29.6 Å².